The van der Waals surface area contributed by atoms with E-state index in [4.69, 9.17) is 11.6 Å². The minimum Gasteiger partial charge on any atom is -0.351 e. The Hall–Kier alpha value is -1.14. The van der Waals surface area contributed by atoms with Crippen molar-refractivity contribution in [1.82, 2.24) is 5.32 Å². The Morgan fingerprint density at radius 3 is 2.52 bits per heavy atom. The van der Waals surface area contributed by atoms with Gasteiger partial charge in [0.05, 0.1) is 9.95 Å². The molecule has 0 fully saturated rings. The molecule has 0 saturated heterocycles. The SMILES string of the molecule is CCC(CC)(CBr)CNC(=O)c1c(Cl)cccc1[N+](=O)[O-]. The van der Waals surface area contributed by atoms with Gasteiger partial charge in [-0.25, -0.2) is 0 Å². The number of alkyl halides is 1. The van der Waals surface area contributed by atoms with Crippen molar-refractivity contribution in [2.75, 3.05) is 11.9 Å². The molecule has 0 radical (unpaired) electrons. The molecule has 0 aromatic heterocycles. The summed E-state index contributed by atoms with van der Waals surface area (Å²) >= 11 is 9.41. The number of nitro benzene ring substituents is 1. The molecule has 0 aliphatic rings. The number of nitrogens with zero attached hydrogens (tertiary/aromatic N) is 1. The van der Waals surface area contributed by atoms with Gasteiger partial charge >= 0.3 is 0 Å². The van der Waals surface area contributed by atoms with Crippen molar-refractivity contribution in [3.05, 3.63) is 38.9 Å². The van der Waals surface area contributed by atoms with Crippen LogP contribution in [0.15, 0.2) is 18.2 Å². The van der Waals surface area contributed by atoms with E-state index in [-0.39, 0.29) is 21.7 Å². The van der Waals surface area contributed by atoms with Gasteiger partial charge in [0, 0.05) is 17.9 Å². The number of carbonyl (C=O) groups excluding carboxylic acids is 1. The van der Waals surface area contributed by atoms with Gasteiger partial charge in [-0.2, -0.15) is 0 Å². The van der Waals surface area contributed by atoms with Crippen LogP contribution in [0.4, 0.5) is 5.69 Å². The van der Waals surface area contributed by atoms with Gasteiger partial charge in [-0.1, -0.05) is 47.4 Å². The van der Waals surface area contributed by atoms with Crippen LogP contribution in [0.25, 0.3) is 0 Å². The van der Waals surface area contributed by atoms with E-state index >= 15 is 0 Å². The molecule has 0 aliphatic heterocycles. The van der Waals surface area contributed by atoms with Crippen LogP contribution in [0.2, 0.25) is 5.02 Å². The minimum atomic E-state index is -0.599. The smallest absolute Gasteiger partial charge is 0.283 e. The average molecular weight is 378 g/mol. The van der Waals surface area contributed by atoms with Crippen molar-refractivity contribution in [2.45, 2.75) is 26.7 Å². The highest BCUT2D eigenvalue weighted by Gasteiger charge is 2.28. The highest BCUT2D eigenvalue weighted by atomic mass is 79.9. The second kappa shape index (κ2) is 7.75. The largest absolute Gasteiger partial charge is 0.351 e. The van der Waals surface area contributed by atoms with E-state index in [0.717, 1.165) is 18.2 Å². The number of rotatable bonds is 7. The summed E-state index contributed by atoms with van der Waals surface area (Å²) in [4.78, 5) is 22.7. The second-order valence-electron chi connectivity index (χ2n) is 4.91. The molecule has 7 heteroatoms. The molecule has 1 aromatic carbocycles. The molecular weight excluding hydrogens is 360 g/mol. The number of amides is 1. The highest BCUT2D eigenvalue weighted by molar-refractivity contribution is 9.09. The fraction of sp³-hybridized carbons (Fsp3) is 0.500. The number of nitrogens with one attached hydrogen (secondary N) is 1. The van der Waals surface area contributed by atoms with E-state index in [0.29, 0.717) is 6.54 Å². The zero-order chi connectivity index (χ0) is 16.0. The van der Waals surface area contributed by atoms with Crippen molar-refractivity contribution < 1.29 is 9.72 Å². The lowest BCUT2D eigenvalue weighted by molar-refractivity contribution is -0.385. The number of hydrogen-bond acceptors (Lipinski definition) is 3. The van der Waals surface area contributed by atoms with Gasteiger partial charge in [0.1, 0.15) is 5.56 Å². The van der Waals surface area contributed by atoms with Crippen LogP contribution in [0.3, 0.4) is 0 Å². The van der Waals surface area contributed by atoms with Crippen LogP contribution < -0.4 is 5.32 Å². The van der Waals surface area contributed by atoms with Gasteiger partial charge in [-0.3, -0.25) is 14.9 Å². The first-order valence-corrected chi connectivity index (χ1v) is 8.17. The quantitative estimate of drug-likeness (QED) is 0.440. The van der Waals surface area contributed by atoms with Crippen LogP contribution in [-0.4, -0.2) is 22.7 Å². The molecule has 0 atom stereocenters. The van der Waals surface area contributed by atoms with E-state index in [2.05, 4.69) is 35.1 Å². The summed E-state index contributed by atoms with van der Waals surface area (Å²) < 4.78 is 0. The molecule has 0 aliphatic carbocycles. The van der Waals surface area contributed by atoms with Crippen LogP contribution in [-0.2, 0) is 0 Å². The van der Waals surface area contributed by atoms with Gasteiger partial charge in [0.15, 0.2) is 0 Å². The summed E-state index contributed by atoms with van der Waals surface area (Å²) in [7, 11) is 0. The lowest BCUT2D eigenvalue weighted by Gasteiger charge is -2.29. The highest BCUT2D eigenvalue weighted by Crippen LogP contribution is 2.29. The minimum absolute atomic E-state index is 0.0638. The Balaban J connectivity index is 2.98. The zero-order valence-electron chi connectivity index (χ0n) is 12.0. The molecule has 0 heterocycles. The van der Waals surface area contributed by atoms with E-state index < -0.39 is 10.8 Å². The van der Waals surface area contributed by atoms with E-state index in [1.54, 1.807) is 0 Å². The van der Waals surface area contributed by atoms with Crippen molar-refractivity contribution >= 4 is 39.1 Å². The Morgan fingerprint density at radius 1 is 1.43 bits per heavy atom. The number of benzene rings is 1. The fourth-order valence-corrected chi connectivity index (χ4v) is 3.23. The van der Waals surface area contributed by atoms with Crippen LogP contribution in [0.1, 0.15) is 37.0 Å². The Kier molecular flexibility index (Phi) is 6.61. The lowest BCUT2D eigenvalue weighted by Crippen LogP contribution is -2.38. The normalized spacial score (nSPS) is 11.2. The molecule has 0 unspecified atom stereocenters. The number of halogens is 2. The van der Waals surface area contributed by atoms with Gasteiger partial charge in [-0.05, 0) is 24.3 Å². The van der Waals surface area contributed by atoms with Crippen LogP contribution in [0.5, 0.6) is 0 Å². The Bertz CT molecular complexity index is 525. The third-order valence-corrected chi connectivity index (χ3v) is 5.33. The van der Waals surface area contributed by atoms with Gasteiger partial charge in [0.25, 0.3) is 11.6 Å². The fourth-order valence-electron chi connectivity index (χ4n) is 1.98. The predicted octanol–water partition coefficient (Wildman–Crippen LogP) is 4.18. The van der Waals surface area contributed by atoms with Crippen molar-refractivity contribution in [3.8, 4) is 0 Å². The van der Waals surface area contributed by atoms with Gasteiger partial charge < -0.3 is 5.32 Å². The van der Waals surface area contributed by atoms with Gasteiger partial charge in [-0.15, -0.1) is 0 Å². The van der Waals surface area contributed by atoms with E-state index in [9.17, 15) is 14.9 Å². The number of nitro groups is 1. The van der Waals surface area contributed by atoms with Crippen LogP contribution in [0, 0.1) is 15.5 Å². The van der Waals surface area contributed by atoms with Crippen molar-refractivity contribution in [3.63, 3.8) is 0 Å². The van der Waals surface area contributed by atoms with E-state index in [1.165, 1.54) is 18.2 Å². The first-order valence-electron chi connectivity index (χ1n) is 6.68. The molecule has 1 aromatic rings. The molecule has 0 spiro atoms. The molecule has 5 nitrogen and oxygen atoms in total. The second-order valence-corrected chi connectivity index (χ2v) is 5.88. The summed E-state index contributed by atoms with van der Waals surface area (Å²) in [6, 6.07) is 4.21. The maximum Gasteiger partial charge on any atom is 0.283 e. The monoisotopic (exact) mass is 376 g/mol. The van der Waals surface area contributed by atoms with Crippen molar-refractivity contribution in [2.24, 2.45) is 5.41 Å². The maximum absolute atomic E-state index is 12.3. The first-order chi connectivity index (χ1) is 9.90. The topological polar surface area (TPSA) is 72.2 Å². The molecule has 21 heavy (non-hydrogen) atoms. The third kappa shape index (κ3) is 4.17. The summed E-state index contributed by atoms with van der Waals surface area (Å²) in [5, 5.41) is 14.6. The number of carbonyl (C=O) groups is 1. The molecular formula is C14H18BrClN2O3. The number of hydrogen-bond donors (Lipinski definition) is 1. The Morgan fingerprint density at radius 2 is 2.05 bits per heavy atom. The molecule has 1 rings (SSSR count). The molecule has 1 amide bonds. The average Bonchev–Trinajstić information content (AvgIpc) is 2.48. The summed E-state index contributed by atoms with van der Waals surface area (Å²) in [6.45, 7) is 4.54. The maximum atomic E-state index is 12.3. The van der Waals surface area contributed by atoms with Crippen LogP contribution >= 0.6 is 27.5 Å². The standard InChI is InChI=1S/C14H18BrClN2O3/c1-3-14(4-2,8-15)9-17-13(19)12-10(16)6-5-7-11(12)18(20)21/h5-7H,3-4,8-9H2,1-2H3,(H,17,19). The summed E-state index contributed by atoms with van der Waals surface area (Å²) in [5.41, 5.74) is -0.427. The van der Waals surface area contributed by atoms with Gasteiger partial charge in [0.2, 0.25) is 0 Å². The summed E-state index contributed by atoms with van der Waals surface area (Å²) in [6.07, 6.45) is 1.78. The first kappa shape index (κ1) is 17.9. The molecule has 0 bridgehead atoms. The molecule has 1 N–H and O–H groups in total. The lowest BCUT2D eigenvalue weighted by atomic mass is 9.84. The third-order valence-electron chi connectivity index (χ3n) is 3.82. The predicted molar refractivity (Wildman–Crippen MR) is 87.2 cm³/mol. The zero-order valence-corrected chi connectivity index (χ0v) is 14.3. The van der Waals surface area contributed by atoms with E-state index in [1.807, 2.05) is 0 Å². The molecule has 116 valence electrons. The molecule has 0 saturated carbocycles. The summed E-state index contributed by atoms with van der Waals surface area (Å²) in [5.74, 6) is -0.514. The van der Waals surface area contributed by atoms with Crippen molar-refractivity contribution in [1.29, 1.82) is 0 Å². The Labute approximate surface area is 137 Å².